The number of nitrogens with one attached hydrogen (secondary N) is 2. The molecule has 6 heteroatoms. The lowest BCUT2D eigenvalue weighted by atomic mass is 10.2. The van der Waals surface area contributed by atoms with E-state index in [2.05, 4.69) is 10.6 Å². The average molecular weight is 301 g/mol. The third kappa shape index (κ3) is 4.74. The Morgan fingerprint density at radius 3 is 2.65 bits per heavy atom. The van der Waals surface area contributed by atoms with E-state index in [9.17, 15) is 9.18 Å². The van der Waals surface area contributed by atoms with Gasteiger partial charge in [0, 0.05) is 11.8 Å². The van der Waals surface area contributed by atoms with Crippen LogP contribution in [0.15, 0.2) is 23.9 Å². The van der Waals surface area contributed by atoms with Crippen LogP contribution in [-0.4, -0.2) is 12.1 Å². The molecular weight excluding hydrogens is 283 g/mol. The van der Waals surface area contributed by atoms with E-state index in [0.29, 0.717) is 11.4 Å². The number of benzene rings is 1. The quantitative estimate of drug-likeness (QED) is 0.870. The molecule has 0 radical (unpaired) electrons. The van der Waals surface area contributed by atoms with Crippen LogP contribution >= 0.6 is 11.6 Å². The summed E-state index contributed by atoms with van der Waals surface area (Å²) in [5.74, 6) is -0.305. The molecule has 20 heavy (non-hydrogen) atoms. The van der Waals surface area contributed by atoms with Crippen molar-refractivity contribution in [1.82, 2.24) is 5.32 Å². The lowest BCUT2D eigenvalue weighted by Crippen LogP contribution is -2.27. The fourth-order valence-electron chi connectivity index (χ4n) is 1.37. The fourth-order valence-corrected chi connectivity index (χ4v) is 1.57. The highest BCUT2D eigenvalue weighted by Crippen LogP contribution is 2.31. The van der Waals surface area contributed by atoms with E-state index in [1.54, 1.807) is 19.9 Å². The van der Waals surface area contributed by atoms with Crippen LogP contribution in [0.1, 0.15) is 27.7 Å². The monoisotopic (exact) mass is 300 g/mol. The van der Waals surface area contributed by atoms with Crippen LogP contribution < -0.4 is 15.4 Å². The normalized spacial score (nSPS) is 11.4. The van der Waals surface area contributed by atoms with Crippen molar-refractivity contribution in [2.75, 3.05) is 5.32 Å². The van der Waals surface area contributed by atoms with Crippen molar-refractivity contribution >= 4 is 23.3 Å². The summed E-state index contributed by atoms with van der Waals surface area (Å²) in [7, 11) is 0. The van der Waals surface area contributed by atoms with Gasteiger partial charge < -0.3 is 15.4 Å². The van der Waals surface area contributed by atoms with Gasteiger partial charge in [0.1, 0.15) is 11.6 Å². The number of ether oxygens (including phenoxy) is 1. The third-order valence-corrected chi connectivity index (χ3v) is 2.67. The van der Waals surface area contributed by atoms with Gasteiger partial charge in [-0.25, -0.2) is 9.18 Å². The first kappa shape index (κ1) is 16.3. The molecule has 0 fully saturated rings. The second-order valence-corrected chi connectivity index (χ2v) is 4.89. The maximum Gasteiger partial charge on any atom is 0.323 e. The molecule has 0 spiro atoms. The highest BCUT2D eigenvalue weighted by molar-refractivity contribution is 6.32. The van der Waals surface area contributed by atoms with Crippen molar-refractivity contribution in [3.8, 4) is 5.75 Å². The number of carbonyl (C=O) groups is 1. The van der Waals surface area contributed by atoms with E-state index >= 15 is 0 Å². The van der Waals surface area contributed by atoms with E-state index in [1.807, 2.05) is 13.8 Å². The van der Waals surface area contributed by atoms with Gasteiger partial charge in [-0.2, -0.15) is 0 Å². The van der Waals surface area contributed by atoms with Gasteiger partial charge in [-0.15, -0.1) is 0 Å². The van der Waals surface area contributed by atoms with Crippen molar-refractivity contribution in [3.05, 3.63) is 34.7 Å². The topological polar surface area (TPSA) is 50.4 Å². The van der Waals surface area contributed by atoms with Crippen LogP contribution in [-0.2, 0) is 0 Å². The van der Waals surface area contributed by atoms with Crippen LogP contribution in [0, 0.1) is 5.82 Å². The zero-order valence-corrected chi connectivity index (χ0v) is 12.6. The second-order valence-electron chi connectivity index (χ2n) is 4.48. The number of halogens is 2. The number of urea groups is 1. The van der Waals surface area contributed by atoms with E-state index in [1.165, 1.54) is 6.07 Å². The molecular formula is C14H18ClFN2O2. The predicted octanol–water partition coefficient (Wildman–Crippen LogP) is 4.31. The van der Waals surface area contributed by atoms with Gasteiger partial charge in [0.2, 0.25) is 0 Å². The summed E-state index contributed by atoms with van der Waals surface area (Å²) < 4.78 is 19.2. The Hall–Kier alpha value is -1.75. The maximum absolute atomic E-state index is 13.8. The SMILES string of the molecule is C/C=C(/C)NC(=O)Nc1cc(OC(C)C)c(Cl)cc1F. The average Bonchev–Trinajstić information content (AvgIpc) is 2.34. The smallest absolute Gasteiger partial charge is 0.323 e. The van der Waals surface area contributed by atoms with Gasteiger partial charge in [0.25, 0.3) is 0 Å². The maximum atomic E-state index is 13.8. The van der Waals surface area contributed by atoms with Gasteiger partial charge in [-0.1, -0.05) is 17.7 Å². The minimum atomic E-state index is -0.626. The molecule has 0 aromatic heterocycles. The molecule has 0 saturated heterocycles. The van der Waals surface area contributed by atoms with Crippen molar-refractivity contribution in [2.24, 2.45) is 0 Å². The Morgan fingerprint density at radius 2 is 2.10 bits per heavy atom. The zero-order valence-electron chi connectivity index (χ0n) is 11.9. The summed E-state index contributed by atoms with van der Waals surface area (Å²) in [6.45, 7) is 7.17. The molecule has 1 aromatic carbocycles. The Bertz CT molecular complexity index is 530. The molecule has 0 atom stereocenters. The minimum Gasteiger partial charge on any atom is -0.489 e. The van der Waals surface area contributed by atoms with E-state index in [4.69, 9.17) is 16.3 Å². The van der Waals surface area contributed by atoms with Gasteiger partial charge in [0.15, 0.2) is 0 Å². The molecule has 2 N–H and O–H groups in total. The van der Waals surface area contributed by atoms with E-state index in [0.717, 1.165) is 6.07 Å². The van der Waals surface area contributed by atoms with Crippen LogP contribution in [0.5, 0.6) is 5.75 Å². The molecule has 0 bridgehead atoms. The van der Waals surface area contributed by atoms with Gasteiger partial charge in [0.05, 0.1) is 16.8 Å². The van der Waals surface area contributed by atoms with Gasteiger partial charge in [-0.05, 0) is 33.8 Å². The molecule has 0 heterocycles. The van der Waals surface area contributed by atoms with E-state index in [-0.39, 0.29) is 16.8 Å². The molecule has 0 aliphatic rings. The molecule has 110 valence electrons. The molecule has 0 aliphatic heterocycles. The Balaban J connectivity index is 2.92. The number of hydrogen-bond acceptors (Lipinski definition) is 2. The fraction of sp³-hybridized carbons (Fsp3) is 0.357. The third-order valence-electron chi connectivity index (χ3n) is 2.38. The molecule has 0 saturated carbocycles. The van der Waals surface area contributed by atoms with Crippen molar-refractivity contribution in [3.63, 3.8) is 0 Å². The Kier molecular flexibility index (Phi) is 5.82. The molecule has 1 rings (SSSR count). The highest BCUT2D eigenvalue weighted by Gasteiger charge is 2.13. The molecule has 1 aromatic rings. The standard InChI is InChI=1S/C14H18ClFN2O2/c1-5-9(4)17-14(19)18-12-7-13(20-8(2)3)10(15)6-11(12)16/h5-8H,1-4H3,(H2,17,18,19)/b9-5-. The first-order chi connectivity index (χ1) is 9.33. The minimum absolute atomic E-state index is 0.00598. The number of allylic oxidation sites excluding steroid dienone is 2. The Morgan fingerprint density at radius 1 is 1.45 bits per heavy atom. The molecule has 0 unspecified atom stereocenters. The van der Waals surface area contributed by atoms with Crippen molar-refractivity contribution < 1.29 is 13.9 Å². The number of amides is 2. The Labute approximate surface area is 123 Å². The lowest BCUT2D eigenvalue weighted by Gasteiger charge is -2.14. The number of hydrogen-bond donors (Lipinski definition) is 2. The van der Waals surface area contributed by atoms with Gasteiger partial charge >= 0.3 is 6.03 Å². The van der Waals surface area contributed by atoms with Crippen LogP contribution in [0.4, 0.5) is 14.9 Å². The predicted molar refractivity (Wildman–Crippen MR) is 78.8 cm³/mol. The molecule has 2 amide bonds. The lowest BCUT2D eigenvalue weighted by molar-refractivity contribution is 0.242. The molecule has 4 nitrogen and oxygen atoms in total. The number of anilines is 1. The summed E-state index contributed by atoms with van der Waals surface area (Å²) >= 11 is 5.89. The first-order valence-electron chi connectivity index (χ1n) is 6.20. The number of rotatable bonds is 4. The van der Waals surface area contributed by atoms with Gasteiger partial charge in [-0.3, -0.25) is 0 Å². The summed E-state index contributed by atoms with van der Waals surface area (Å²) in [6, 6.07) is 1.94. The molecule has 0 aliphatic carbocycles. The zero-order chi connectivity index (χ0) is 15.3. The summed E-state index contributed by atoms with van der Waals surface area (Å²) in [6.07, 6.45) is 1.62. The summed E-state index contributed by atoms with van der Waals surface area (Å²) in [4.78, 5) is 11.6. The summed E-state index contributed by atoms with van der Waals surface area (Å²) in [5.41, 5.74) is 0.668. The van der Waals surface area contributed by atoms with Crippen molar-refractivity contribution in [1.29, 1.82) is 0 Å². The van der Waals surface area contributed by atoms with Crippen LogP contribution in [0.3, 0.4) is 0 Å². The van der Waals surface area contributed by atoms with Crippen molar-refractivity contribution in [2.45, 2.75) is 33.8 Å². The summed E-state index contributed by atoms with van der Waals surface area (Å²) in [5, 5.41) is 5.12. The number of carbonyl (C=O) groups excluding carboxylic acids is 1. The first-order valence-corrected chi connectivity index (χ1v) is 6.58. The van der Waals surface area contributed by atoms with Crippen LogP contribution in [0.2, 0.25) is 5.02 Å². The largest absolute Gasteiger partial charge is 0.489 e. The van der Waals surface area contributed by atoms with E-state index < -0.39 is 11.8 Å². The second kappa shape index (κ2) is 7.14. The van der Waals surface area contributed by atoms with Crippen LogP contribution in [0.25, 0.3) is 0 Å². The highest BCUT2D eigenvalue weighted by atomic mass is 35.5.